The van der Waals surface area contributed by atoms with Crippen LogP contribution in [0.5, 0.6) is 0 Å². The van der Waals surface area contributed by atoms with Gasteiger partial charge in [-0.15, -0.1) is 0 Å². The first-order valence-electron chi connectivity index (χ1n) is 11.6. The molecule has 0 spiro atoms. The lowest BCUT2D eigenvalue weighted by atomic mass is 9.98. The van der Waals surface area contributed by atoms with Crippen LogP contribution in [0.25, 0.3) is 0 Å². The molecular formula is C30H27N3O3. The van der Waals surface area contributed by atoms with Crippen LogP contribution in [0.1, 0.15) is 47.8 Å². The van der Waals surface area contributed by atoms with Crippen LogP contribution in [0.3, 0.4) is 0 Å². The van der Waals surface area contributed by atoms with Crippen LogP contribution in [0, 0.1) is 20.8 Å². The van der Waals surface area contributed by atoms with Crippen molar-refractivity contribution in [2.75, 3.05) is 16.0 Å². The minimum absolute atomic E-state index is 0.00527. The molecule has 4 rings (SSSR count). The molecule has 0 aliphatic heterocycles. The van der Waals surface area contributed by atoms with E-state index in [0.717, 1.165) is 16.7 Å². The van der Waals surface area contributed by atoms with E-state index in [4.69, 9.17) is 0 Å². The number of hydrogen-bond donors (Lipinski definition) is 3. The van der Waals surface area contributed by atoms with Crippen molar-refractivity contribution >= 4 is 34.8 Å². The minimum atomic E-state index is -0.551. The average molecular weight is 478 g/mol. The Bertz CT molecular complexity index is 1380. The molecule has 0 saturated carbocycles. The Balaban J connectivity index is 1.73. The Hall–Kier alpha value is -4.71. The lowest BCUT2D eigenvalue weighted by Crippen LogP contribution is -2.25. The maximum atomic E-state index is 13.5. The van der Waals surface area contributed by atoms with Crippen molar-refractivity contribution in [2.24, 2.45) is 0 Å². The van der Waals surface area contributed by atoms with E-state index in [9.17, 15) is 14.4 Å². The lowest BCUT2D eigenvalue weighted by molar-refractivity contribution is 0.0978. The van der Waals surface area contributed by atoms with Crippen LogP contribution in [0.2, 0.25) is 0 Å². The summed E-state index contributed by atoms with van der Waals surface area (Å²) in [6.45, 7) is 5.76. The van der Waals surface area contributed by atoms with Gasteiger partial charge in [-0.25, -0.2) is 0 Å². The standard InChI is InChI=1S/C30H27N3O3/c1-19-8-4-11-22(16-19)31-28(34)25-14-7-15-26(29(35)32-23-12-5-9-20(2)17-23)27(25)30(36)33-24-13-6-10-21(3)18-24/h4-18H,1-3H3,(H,31,34)(H,32,35)(H,33,36). The van der Waals surface area contributed by atoms with Gasteiger partial charge < -0.3 is 16.0 Å². The topological polar surface area (TPSA) is 87.3 Å². The minimum Gasteiger partial charge on any atom is -0.322 e. The Kier molecular flexibility index (Phi) is 7.25. The number of aryl methyl sites for hydroxylation is 3. The fourth-order valence-electron chi connectivity index (χ4n) is 3.93. The maximum Gasteiger partial charge on any atom is 0.257 e. The van der Waals surface area contributed by atoms with Crippen molar-refractivity contribution in [2.45, 2.75) is 20.8 Å². The highest BCUT2D eigenvalue weighted by molar-refractivity contribution is 6.21. The number of amides is 3. The van der Waals surface area contributed by atoms with Crippen molar-refractivity contribution in [3.05, 3.63) is 124 Å². The second-order valence-electron chi connectivity index (χ2n) is 8.70. The van der Waals surface area contributed by atoms with Crippen LogP contribution < -0.4 is 16.0 Å². The van der Waals surface area contributed by atoms with Gasteiger partial charge in [-0.3, -0.25) is 14.4 Å². The summed E-state index contributed by atoms with van der Waals surface area (Å²) < 4.78 is 0. The number of nitrogens with one attached hydrogen (secondary N) is 3. The van der Waals surface area contributed by atoms with E-state index < -0.39 is 17.7 Å². The van der Waals surface area contributed by atoms with Gasteiger partial charge in [0.1, 0.15) is 0 Å². The smallest absolute Gasteiger partial charge is 0.257 e. The van der Waals surface area contributed by atoms with Gasteiger partial charge in [0.05, 0.1) is 16.7 Å². The predicted molar refractivity (Wildman–Crippen MR) is 144 cm³/mol. The van der Waals surface area contributed by atoms with Gasteiger partial charge in [0, 0.05) is 17.1 Å². The summed E-state index contributed by atoms with van der Waals surface area (Å²) in [4.78, 5) is 40.1. The maximum absolute atomic E-state index is 13.5. The molecule has 180 valence electrons. The normalized spacial score (nSPS) is 10.4. The van der Waals surface area contributed by atoms with E-state index in [1.165, 1.54) is 0 Å². The van der Waals surface area contributed by atoms with Gasteiger partial charge >= 0.3 is 0 Å². The molecule has 3 N–H and O–H groups in total. The fraction of sp³-hybridized carbons (Fsp3) is 0.100. The van der Waals surface area contributed by atoms with Crippen LogP contribution in [0.4, 0.5) is 17.1 Å². The summed E-state index contributed by atoms with van der Waals surface area (Å²) in [5.41, 5.74) is 4.88. The predicted octanol–water partition coefficient (Wildman–Crippen LogP) is 6.37. The second-order valence-corrected chi connectivity index (χ2v) is 8.70. The van der Waals surface area contributed by atoms with E-state index in [2.05, 4.69) is 16.0 Å². The van der Waals surface area contributed by atoms with Gasteiger partial charge in [-0.1, -0.05) is 42.5 Å². The summed E-state index contributed by atoms with van der Waals surface area (Å²) in [6, 6.07) is 26.7. The van der Waals surface area contributed by atoms with Gasteiger partial charge in [-0.05, 0) is 86.0 Å². The molecule has 0 radical (unpaired) electrons. The number of benzene rings is 4. The monoisotopic (exact) mass is 477 g/mol. The Morgan fingerprint density at radius 3 is 1.17 bits per heavy atom. The highest BCUT2D eigenvalue weighted by Crippen LogP contribution is 2.22. The number of carbonyl (C=O) groups is 3. The zero-order chi connectivity index (χ0) is 25.7. The van der Waals surface area contributed by atoms with Crippen molar-refractivity contribution < 1.29 is 14.4 Å². The van der Waals surface area contributed by atoms with E-state index in [1.807, 2.05) is 75.4 Å². The highest BCUT2D eigenvalue weighted by atomic mass is 16.2. The molecule has 0 saturated heterocycles. The third kappa shape index (κ3) is 5.85. The Morgan fingerprint density at radius 1 is 0.472 bits per heavy atom. The van der Waals surface area contributed by atoms with E-state index in [0.29, 0.717) is 17.1 Å². The summed E-state index contributed by atoms with van der Waals surface area (Å²) in [7, 11) is 0. The van der Waals surface area contributed by atoms with Crippen LogP contribution in [-0.2, 0) is 0 Å². The van der Waals surface area contributed by atoms with Crippen LogP contribution >= 0.6 is 0 Å². The van der Waals surface area contributed by atoms with Crippen LogP contribution in [-0.4, -0.2) is 17.7 Å². The molecule has 0 heterocycles. The molecule has 36 heavy (non-hydrogen) atoms. The molecular weight excluding hydrogens is 450 g/mol. The van der Waals surface area contributed by atoms with E-state index in [-0.39, 0.29) is 16.7 Å². The summed E-state index contributed by atoms with van der Waals surface area (Å²) >= 11 is 0. The summed E-state index contributed by atoms with van der Waals surface area (Å²) in [5, 5.41) is 8.52. The summed E-state index contributed by atoms with van der Waals surface area (Å²) in [5.74, 6) is -1.52. The van der Waals surface area contributed by atoms with Crippen molar-refractivity contribution in [3.63, 3.8) is 0 Å². The summed E-state index contributed by atoms with van der Waals surface area (Å²) in [6.07, 6.45) is 0. The van der Waals surface area contributed by atoms with Crippen molar-refractivity contribution in [1.29, 1.82) is 0 Å². The van der Waals surface area contributed by atoms with Crippen LogP contribution in [0.15, 0.2) is 91.0 Å². The molecule has 0 aromatic heterocycles. The lowest BCUT2D eigenvalue weighted by Gasteiger charge is -2.16. The average Bonchev–Trinajstić information content (AvgIpc) is 2.83. The van der Waals surface area contributed by atoms with Gasteiger partial charge in [0.2, 0.25) is 0 Å². The number of carbonyl (C=O) groups excluding carboxylic acids is 3. The first-order chi connectivity index (χ1) is 17.3. The Labute approximate surface area is 210 Å². The quantitative estimate of drug-likeness (QED) is 0.302. The fourth-order valence-corrected chi connectivity index (χ4v) is 3.93. The second kappa shape index (κ2) is 10.7. The Morgan fingerprint density at radius 2 is 0.806 bits per heavy atom. The SMILES string of the molecule is Cc1cccc(NC(=O)c2cccc(C(=O)Nc3cccc(C)c3)c2C(=O)Nc2cccc(C)c2)c1. The molecule has 4 aromatic carbocycles. The van der Waals surface area contributed by atoms with Gasteiger partial charge in [0.25, 0.3) is 17.7 Å². The highest BCUT2D eigenvalue weighted by Gasteiger charge is 2.25. The number of anilines is 3. The van der Waals surface area contributed by atoms with Crippen molar-refractivity contribution in [1.82, 2.24) is 0 Å². The third-order valence-electron chi connectivity index (χ3n) is 5.61. The zero-order valence-electron chi connectivity index (χ0n) is 20.4. The number of rotatable bonds is 6. The molecule has 0 bridgehead atoms. The zero-order valence-corrected chi connectivity index (χ0v) is 20.4. The van der Waals surface area contributed by atoms with E-state index >= 15 is 0 Å². The molecule has 6 nitrogen and oxygen atoms in total. The largest absolute Gasteiger partial charge is 0.322 e. The van der Waals surface area contributed by atoms with Gasteiger partial charge in [-0.2, -0.15) is 0 Å². The molecule has 0 unspecified atom stereocenters. The molecule has 0 atom stereocenters. The molecule has 0 fully saturated rings. The molecule has 4 aromatic rings. The third-order valence-corrected chi connectivity index (χ3v) is 5.61. The molecule has 6 heteroatoms. The number of hydrogen-bond acceptors (Lipinski definition) is 3. The first kappa shape index (κ1) is 24.4. The van der Waals surface area contributed by atoms with Gasteiger partial charge in [0.15, 0.2) is 0 Å². The molecule has 0 aliphatic carbocycles. The first-order valence-corrected chi connectivity index (χ1v) is 11.6. The van der Waals surface area contributed by atoms with Crippen molar-refractivity contribution in [3.8, 4) is 0 Å². The molecule has 0 aliphatic rings. The van der Waals surface area contributed by atoms with E-state index in [1.54, 1.807) is 36.4 Å². The molecule has 3 amide bonds.